The zero-order valence-electron chi connectivity index (χ0n) is 9.27. The van der Waals surface area contributed by atoms with Crippen molar-refractivity contribution in [3.05, 3.63) is 23.8 Å². The number of hydrogen-bond acceptors (Lipinski definition) is 3. The number of hydrogen-bond donors (Lipinski definition) is 3. The number of nitrogens with two attached hydrogens (primary N) is 1. The highest BCUT2D eigenvalue weighted by Crippen LogP contribution is 2.29. The number of phenolic OH excluding ortho intramolecular Hbond substituents is 2. The predicted molar refractivity (Wildman–Crippen MR) is 60.8 cm³/mol. The highest BCUT2D eigenvalue weighted by atomic mass is 16.3. The Labute approximate surface area is 90.5 Å². The SMILES string of the molecule is CC(C)CC[C@@H](N)c1ccc(O)cc1O. The van der Waals surface area contributed by atoms with Crippen LogP contribution in [0.2, 0.25) is 0 Å². The molecule has 0 aliphatic rings. The van der Waals surface area contributed by atoms with Crippen LogP contribution >= 0.6 is 0 Å². The lowest BCUT2D eigenvalue weighted by atomic mass is 9.97. The molecule has 0 unspecified atom stereocenters. The molecule has 1 aromatic carbocycles. The lowest BCUT2D eigenvalue weighted by Crippen LogP contribution is -2.11. The summed E-state index contributed by atoms with van der Waals surface area (Å²) in [4.78, 5) is 0. The van der Waals surface area contributed by atoms with Gasteiger partial charge in [-0.3, -0.25) is 0 Å². The van der Waals surface area contributed by atoms with Crippen molar-refractivity contribution in [1.29, 1.82) is 0 Å². The van der Waals surface area contributed by atoms with Crippen molar-refractivity contribution in [2.24, 2.45) is 11.7 Å². The van der Waals surface area contributed by atoms with Crippen molar-refractivity contribution in [3.8, 4) is 11.5 Å². The Morgan fingerprint density at radius 2 is 1.87 bits per heavy atom. The van der Waals surface area contributed by atoms with E-state index in [1.54, 1.807) is 12.1 Å². The summed E-state index contributed by atoms with van der Waals surface area (Å²) in [5.74, 6) is 0.744. The van der Waals surface area contributed by atoms with Gasteiger partial charge in [0, 0.05) is 17.7 Å². The zero-order chi connectivity index (χ0) is 11.4. The fourth-order valence-electron chi connectivity index (χ4n) is 1.51. The molecule has 3 nitrogen and oxygen atoms in total. The molecule has 0 saturated heterocycles. The van der Waals surface area contributed by atoms with Crippen LogP contribution in [-0.2, 0) is 0 Å². The number of rotatable bonds is 4. The molecule has 0 amide bonds. The Morgan fingerprint density at radius 3 is 2.40 bits per heavy atom. The van der Waals surface area contributed by atoms with Gasteiger partial charge in [0.15, 0.2) is 0 Å². The molecule has 84 valence electrons. The zero-order valence-corrected chi connectivity index (χ0v) is 9.27. The minimum absolute atomic E-state index is 0.0623. The molecule has 1 rings (SSSR count). The molecule has 0 spiro atoms. The third kappa shape index (κ3) is 3.44. The molecule has 0 fully saturated rings. The quantitative estimate of drug-likeness (QED) is 0.713. The van der Waals surface area contributed by atoms with Crippen LogP contribution in [0.3, 0.4) is 0 Å². The van der Waals surface area contributed by atoms with Crippen LogP contribution in [0.15, 0.2) is 18.2 Å². The van der Waals surface area contributed by atoms with E-state index in [-0.39, 0.29) is 17.5 Å². The number of phenols is 2. The topological polar surface area (TPSA) is 66.5 Å². The molecule has 4 N–H and O–H groups in total. The van der Waals surface area contributed by atoms with Gasteiger partial charge in [-0.05, 0) is 24.8 Å². The summed E-state index contributed by atoms with van der Waals surface area (Å²) in [5.41, 5.74) is 6.65. The molecular weight excluding hydrogens is 190 g/mol. The maximum Gasteiger partial charge on any atom is 0.124 e. The molecular formula is C12H19NO2. The standard InChI is InChI=1S/C12H19NO2/c1-8(2)3-6-11(13)10-5-4-9(14)7-12(10)15/h4-5,7-8,11,14-15H,3,6,13H2,1-2H3/t11-/m1/s1. The van der Waals surface area contributed by atoms with Crippen LogP contribution in [0.25, 0.3) is 0 Å². The average molecular weight is 209 g/mol. The van der Waals surface area contributed by atoms with Crippen LogP contribution in [0, 0.1) is 5.92 Å². The molecule has 0 heterocycles. The van der Waals surface area contributed by atoms with Gasteiger partial charge in [-0.2, -0.15) is 0 Å². The van der Waals surface area contributed by atoms with Crippen LogP contribution in [0.5, 0.6) is 11.5 Å². The molecule has 1 atom stereocenters. The fourth-order valence-corrected chi connectivity index (χ4v) is 1.51. The maximum atomic E-state index is 9.59. The molecule has 0 radical (unpaired) electrons. The van der Waals surface area contributed by atoms with Gasteiger partial charge in [-0.15, -0.1) is 0 Å². The Balaban J connectivity index is 2.69. The smallest absolute Gasteiger partial charge is 0.124 e. The van der Waals surface area contributed by atoms with E-state index in [0.717, 1.165) is 12.8 Å². The fraction of sp³-hybridized carbons (Fsp3) is 0.500. The second-order valence-corrected chi connectivity index (χ2v) is 4.32. The van der Waals surface area contributed by atoms with Gasteiger partial charge in [0.1, 0.15) is 11.5 Å². The van der Waals surface area contributed by atoms with Gasteiger partial charge >= 0.3 is 0 Å². The van der Waals surface area contributed by atoms with E-state index < -0.39 is 0 Å². The number of benzene rings is 1. The summed E-state index contributed by atoms with van der Waals surface area (Å²) in [6.07, 6.45) is 1.87. The summed E-state index contributed by atoms with van der Waals surface area (Å²) >= 11 is 0. The van der Waals surface area contributed by atoms with Crippen LogP contribution in [0.1, 0.15) is 38.3 Å². The van der Waals surface area contributed by atoms with Gasteiger partial charge in [-0.25, -0.2) is 0 Å². The lowest BCUT2D eigenvalue weighted by molar-refractivity contribution is 0.434. The number of aromatic hydroxyl groups is 2. The monoisotopic (exact) mass is 209 g/mol. The first-order chi connectivity index (χ1) is 7.00. The van der Waals surface area contributed by atoms with E-state index in [2.05, 4.69) is 13.8 Å². The van der Waals surface area contributed by atoms with Gasteiger partial charge in [0.2, 0.25) is 0 Å². The highest BCUT2D eigenvalue weighted by molar-refractivity contribution is 5.40. The van der Waals surface area contributed by atoms with E-state index in [9.17, 15) is 5.11 Å². The highest BCUT2D eigenvalue weighted by Gasteiger charge is 2.11. The Hall–Kier alpha value is -1.22. The summed E-state index contributed by atoms with van der Waals surface area (Å²) in [7, 11) is 0. The van der Waals surface area contributed by atoms with Crippen molar-refractivity contribution >= 4 is 0 Å². The minimum Gasteiger partial charge on any atom is -0.508 e. The summed E-state index contributed by atoms with van der Waals surface area (Å²) in [6.45, 7) is 4.28. The van der Waals surface area contributed by atoms with Crippen molar-refractivity contribution in [2.75, 3.05) is 0 Å². The largest absolute Gasteiger partial charge is 0.508 e. The van der Waals surface area contributed by atoms with Gasteiger partial charge in [-0.1, -0.05) is 19.9 Å². The lowest BCUT2D eigenvalue weighted by Gasteiger charge is -2.14. The molecule has 0 bridgehead atoms. The van der Waals surface area contributed by atoms with Crippen LogP contribution in [0.4, 0.5) is 0 Å². The van der Waals surface area contributed by atoms with Crippen LogP contribution < -0.4 is 5.73 Å². The molecule has 0 aliphatic heterocycles. The Morgan fingerprint density at radius 1 is 1.20 bits per heavy atom. The third-order valence-corrected chi connectivity index (χ3v) is 2.47. The first-order valence-corrected chi connectivity index (χ1v) is 5.28. The summed E-state index contributed by atoms with van der Waals surface area (Å²) in [5, 5.41) is 18.7. The Bertz CT molecular complexity index is 323. The normalized spacial score (nSPS) is 13.1. The third-order valence-electron chi connectivity index (χ3n) is 2.47. The average Bonchev–Trinajstić information content (AvgIpc) is 2.14. The molecule has 1 aromatic rings. The first kappa shape index (κ1) is 11.9. The van der Waals surface area contributed by atoms with E-state index >= 15 is 0 Å². The second-order valence-electron chi connectivity index (χ2n) is 4.32. The summed E-state index contributed by atoms with van der Waals surface area (Å²) < 4.78 is 0. The maximum absolute atomic E-state index is 9.59. The molecule has 0 aromatic heterocycles. The van der Waals surface area contributed by atoms with E-state index in [0.29, 0.717) is 11.5 Å². The van der Waals surface area contributed by atoms with E-state index in [4.69, 9.17) is 10.8 Å². The molecule has 15 heavy (non-hydrogen) atoms. The van der Waals surface area contributed by atoms with Gasteiger partial charge in [0.05, 0.1) is 0 Å². The minimum atomic E-state index is -0.159. The molecule has 3 heteroatoms. The summed E-state index contributed by atoms with van der Waals surface area (Å²) in [6, 6.07) is 4.39. The second kappa shape index (κ2) is 5.03. The Kier molecular flexibility index (Phi) is 3.97. The first-order valence-electron chi connectivity index (χ1n) is 5.28. The van der Waals surface area contributed by atoms with Crippen molar-refractivity contribution in [1.82, 2.24) is 0 Å². The van der Waals surface area contributed by atoms with Gasteiger partial charge in [0.25, 0.3) is 0 Å². The molecule has 0 saturated carbocycles. The predicted octanol–water partition coefficient (Wildman–Crippen LogP) is 2.53. The van der Waals surface area contributed by atoms with Crippen LogP contribution in [-0.4, -0.2) is 10.2 Å². The van der Waals surface area contributed by atoms with E-state index in [1.165, 1.54) is 6.07 Å². The van der Waals surface area contributed by atoms with E-state index in [1.807, 2.05) is 0 Å². The van der Waals surface area contributed by atoms with Crippen molar-refractivity contribution < 1.29 is 10.2 Å². The van der Waals surface area contributed by atoms with Crippen molar-refractivity contribution in [3.63, 3.8) is 0 Å². The van der Waals surface area contributed by atoms with Gasteiger partial charge < -0.3 is 15.9 Å². The van der Waals surface area contributed by atoms with Crippen molar-refractivity contribution in [2.45, 2.75) is 32.7 Å². The molecule has 0 aliphatic carbocycles.